The highest BCUT2D eigenvalue weighted by atomic mass is 16.3. The van der Waals surface area contributed by atoms with E-state index in [4.69, 9.17) is 4.42 Å². The van der Waals surface area contributed by atoms with Crippen molar-refractivity contribution in [2.75, 3.05) is 5.32 Å². The predicted octanol–water partition coefficient (Wildman–Crippen LogP) is 9.30. The highest BCUT2D eigenvalue weighted by Crippen LogP contribution is 2.40. The summed E-state index contributed by atoms with van der Waals surface area (Å²) in [6.45, 7) is 0. The molecule has 1 N–H and O–H groups in total. The topological polar surface area (TPSA) is 25.2 Å². The molecule has 0 saturated heterocycles. The van der Waals surface area contributed by atoms with E-state index < -0.39 is 0 Å². The lowest BCUT2D eigenvalue weighted by Crippen LogP contribution is -1.93. The van der Waals surface area contributed by atoms with E-state index in [-0.39, 0.29) is 0 Å². The second-order valence-electron chi connectivity index (χ2n) is 8.68. The van der Waals surface area contributed by atoms with Crippen molar-refractivity contribution in [1.29, 1.82) is 0 Å². The molecule has 6 aromatic carbocycles. The lowest BCUT2D eigenvalue weighted by atomic mass is 9.99. The Morgan fingerprint density at radius 1 is 0.500 bits per heavy atom. The molecule has 0 atom stereocenters. The van der Waals surface area contributed by atoms with Crippen LogP contribution in [0.3, 0.4) is 0 Å². The molecule has 7 rings (SSSR count). The summed E-state index contributed by atoms with van der Waals surface area (Å²) in [5.41, 5.74) is 6.14. The van der Waals surface area contributed by atoms with Gasteiger partial charge in [0.25, 0.3) is 0 Å². The molecule has 1 heterocycles. The third kappa shape index (κ3) is 2.96. The third-order valence-electron chi connectivity index (χ3n) is 6.64. The molecule has 0 spiro atoms. The fraction of sp³-hybridized carbons (Fsp3) is 0. The van der Waals surface area contributed by atoms with Gasteiger partial charge >= 0.3 is 0 Å². The summed E-state index contributed by atoms with van der Waals surface area (Å²) in [6, 6.07) is 42.6. The summed E-state index contributed by atoms with van der Waals surface area (Å²) in [7, 11) is 0. The van der Waals surface area contributed by atoms with Gasteiger partial charge in [0.1, 0.15) is 5.58 Å². The van der Waals surface area contributed by atoms with E-state index in [1.165, 1.54) is 32.5 Å². The molecule has 1 aromatic heterocycles. The first-order valence-electron chi connectivity index (χ1n) is 11.5. The summed E-state index contributed by atoms with van der Waals surface area (Å²) >= 11 is 0. The summed E-state index contributed by atoms with van der Waals surface area (Å²) in [5, 5.41) is 10.9. The predicted molar refractivity (Wildman–Crippen MR) is 144 cm³/mol. The van der Waals surface area contributed by atoms with Crippen LogP contribution in [0.25, 0.3) is 54.6 Å². The van der Waals surface area contributed by atoms with Gasteiger partial charge in [0.15, 0.2) is 5.58 Å². The molecule has 0 saturated carbocycles. The number of hydrogen-bond acceptors (Lipinski definition) is 2. The lowest BCUT2D eigenvalue weighted by Gasteiger charge is -2.13. The number of para-hydroxylation sites is 2. The Labute approximate surface area is 197 Å². The Morgan fingerprint density at radius 3 is 2.15 bits per heavy atom. The number of fused-ring (bicyclic) bond motifs is 6. The molecule has 34 heavy (non-hydrogen) atoms. The molecular weight excluding hydrogens is 414 g/mol. The third-order valence-corrected chi connectivity index (χ3v) is 6.64. The van der Waals surface area contributed by atoms with E-state index in [1.807, 2.05) is 0 Å². The van der Waals surface area contributed by atoms with Gasteiger partial charge in [0, 0.05) is 22.0 Å². The van der Waals surface area contributed by atoms with Crippen LogP contribution in [0.15, 0.2) is 126 Å². The molecule has 0 bridgehead atoms. The first kappa shape index (κ1) is 19.0. The largest absolute Gasteiger partial charge is 0.454 e. The maximum absolute atomic E-state index is 6.40. The van der Waals surface area contributed by atoms with Gasteiger partial charge in [-0.3, -0.25) is 0 Å². The van der Waals surface area contributed by atoms with E-state index in [9.17, 15) is 0 Å². The van der Waals surface area contributed by atoms with Gasteiger partial charge in [-0.05, 0) is 51.4 Å². The van der Waals surface area contributed by atoms with Crippen molar-refractivity contribution >= 4 is 54.9 Å². The minimum absolute atomic E-state index is 0.877. The van der Waals surface area contributed by atoms with E-state index in [2.05, 4.69) is 127 Å². The first-order chi connectivity index (χ1) is 16.8. The van der Waals surface area contributed by atoms with Crippen LogP contribution in [0.1, 0.15) is 0 Å². The van der Waals surface area contributed by atoms with Crippen molar-refractivity contribution in [3.63, 3.8) is 0 Å². The Hall–Kier alpha value is -4.56. The van der Waals surface area contributed by atoms with Crippen molar-refractivity contribution in [3.8, 4) is 11.1 Å². The average Bonchev–Trinajstić information content (AvgIpc) is 3.29. The molecule has 2 heteroatoms. The summed E-state index contributed by atoms with van der Waals surface area (Å²) < 4.78 is 6.40. The van der Waals surface area contributed by atoms with Crippen LogP contribution in [-0.2, 0) is 0 Å². The first-order valence-corrected chi connectivity index (χ1v) is 11.5. The number of rotatable bonds is 3. The molecule has 0 aliphatic carbocycles. The SMILES string of the molecule is c1ccc(-c2ccc3ccccc3c2)c(Nc2cccc3c2oc2ccc4ccccc4c23)c1. The second kappa shape index (κ2) is 7.50. The molecule has 2 nitrogen and oxygen atoms in total. The van der Waals surface area contributed by atoms with Crippen LogP contribution in [-0.4, -0.2) is 0 Å². The number of hydrogen-bond donors (Lipinski definition) is 1. The monoisotopic (exact) mass is 435 g/mol. The van der Waals surface area contributed by atoms with Gasteiger partial charge in [-0.25, -0.2) is 0 Å². The fourth-order valence-corrected chi connectivity index (χ4v) is 5.01. The van der Waals surface area contributed by atoms with Crippen LogP contribution in [0, 0.1) is 0 Å². The average molecular weight is 436 g/mol. The van der Waals surface area contributed by atoms with Crippen LogP contribution in [0.2, 0.25) is 0 Å². The highest BCUT2D eigenvalue weighted by molar-refractivity contribution is 6.20. The van der Waals surface area contributed by atoms with Crippen molar-refractivity contribution in [2.45, 2.75) is 0 Å². The van der Waals surface area contributed by atoms with Crippen molar-refractivity contribution in [3.05, 3.63) is 121 Å². The molecule has 0 fully saturated rings. The van der Waals surface area contributed by atoms with Gasteiger partial charge in [0.2, 0.25) is 0 Å². The van der Waals surface area contributed by atoms with Gasteiger partial charge in [-0.15, -0.1) is 0 Å². The summed E-state index contributed by atoms with van der Waals surface area (Å²) in [6.07, 6.45) is 0. The van der Waals surface area contributed by atoms with Crippen LogP contribution >= 0.6 is 0 Å². The molecule has 0 amide bonds. The van der Waals surface area contributed by atoms with Gasteiger partial charge in [-0.1, -0.05) is 97.1 Å². The maximum atomic E-state index is 6.40. The van der Waals surface area contributed by atoms with Gasteiger partial charge in [0.05, 0.1) is 5.69 Å². The quantitative estimate of drug-likeness (QED) is 0.299. The molecule has 0 radical (unpaired) electrons. The van der Waals surface area contributed by atoms with Crippen molar-refractivity contribution in [2.24, 2.45) is 0 Å². The minimum Gasteiger partial charge on any atom is -0.454 e. The smallest absolute Gasteiger partial charge is 0.158 e. The van der Waals surface area contributed by atoms with Crippen LogP contribution < -0.4 is 5.32 Å². The van der Waals surface area contributed by atoms with E-state index >= 15 is 0 Å². The normalized spacial score (nSPS) is 11.5. The summed E-state index contributed by atoms with van der Waals surface area (Å²) in [5.74, 6) is 0. The lowest BCUT2D eigenvalue weighted by molar-refractivity contribution is 0.670. The minimum atomic E-state index is 0.877. The standard InChI is InChI=1S/C32H21NO/c1-2-10-23-20-24(17-16-21(23)8-1)25-11-5-6-14-28(25)33-29-15-7-13-27-31-26-12-4-3-9-22(26)18-19-30(31)34-32(27)29/h1-20,33H. The molecule has 0 aliphatic heterocycles. The van der Waals surface area contributed by atoms with Crippen molar-refractivity contribution in [1.82, 2.24) is 0 Å². The van der Waals surface area contributed by atoms with Gasteiger partial charge < -0.3 is 9.73 Å². The maximum Gasteiger partial charge on any atom is 0.158 e. The second-order valence-corrected chi connectivity index (χ2v) is 8.68. The molecule has 160 valence electrons. The Bertz CT molecular complexity index is 1840. The number of nitrogens with one attached hydrogen (secondary N) is 1. The van der Waals surface area contributed by atoms with Crippen LogP contribution in [0.5, 0.6) is 0 Å². The highest BCUT2D eigenvalue weighted by Gasteiger charge is 2.14. The molecule has 0 aliphatic rings. The molecular formula is C32H21NO. The van der Waals surface area contributed by atoms with Gasteiger partial charge in [-0.2, -0.15) is 0 Å². The molecule has 0 unspecified atom stereocenters. The number of anilines is 2. The van der Waals surface area contributed by atoms with Crippen LogP contribution in [0.4, 0.5) is 11.4 Å². The number of furan rings is 1. The van der Waals surface area contributed by atoms with E-state index in [1.54, 1.807) is 0 Å². The van der Waals surface area contributed by atoms with E-state index in [0.29, 0.717) is 0 Å². The zero-order valence-electron chi connectivity index (χ0n) is 18.5. The Balaban J connectivity index is 1.39. The Morgan fingerprint density at radius 2 is 1.21 bits per heavy atom. The zero-order valence-corrected chi connectivity index (χ0v) is 18.5. The Kier molecular flexibility index (Phi) is 4.18. The summed E-state index contributed by atoms with van der Waals surface area (Å²) in [4.78, 5) is 0. The number of benzene rings is 6. The van der Waals surface area contributed by atoms with Crippen molar-refractivity contribution < 1.29 is 4.42 Å². The molecule has 7 aromatic rings. The van der Waals surface area contributed by atoms with E-state index in [0.717, 1.165) is 33.5 Å². The fourth-order valence-electron chi connectivity index (χ4n) is 5.01. The zero-order chi connectivity index (χ0) is 22.5.